The first-order valence-electron chi connectivity index (χ1n) is 7.69. The number of benzene rings is 2. The molecule has 136 valence electrons. The molecule has 0 bridgehead atoms. The van der Waals surface area contributed by atoms with Gasteiger partial charge in [0.25, 0.3) is 11.6 Å². The molecule has 26 heavy (non-hydrogen) atoms. The fourth-order valence-corrected chi connectivity index (χ4v) is 2.27. The molecular weight excluding hydrogens is 338 g/mol. The SMILES string of the molecule is COc1ccc(C(C)=NNC(=O)c2ccc(C)c([N+](=O)[O-])c2)cc1OC. The Hall–Kier alpha value is -3.42. The standard InChI is InChI=1S/C18H19N3O5/c1-11-5-6-14(9-15(11)21(23)24)18(22)20-19-12(2)13-7-8-16(25-3)17(10-13)26-4/h5-10H,1-4H3,(H,20,22). The van der Waals surface area contributed by atoms with E-state index in [2.05, 4.69) is 10.5 Å². The van der Waals surface area contributed by atoms with Crippen molar-refractivity contribution < 1.29 is 19.2 Å². The summed E-state index contributed by atoms with van der Waals surface area (Å²) < 4.78 is 10.4. The molecule has 1 N–H and O–H groups in total. The zero-order chi connectivity index (χ0) is 19.3. The first-order valence-corrected chi connectivity index (χ1v) is 7.69. The van der Waals surface area contributed by atoms with Gasteiger partial charge >= 0.3 is 0 Å². The first kappa shape index (κ1) is 18.9. The van der Waals surface area contributed by atoms with Crippen LogP contribution in [0.1, 0.15) is 28.4 Å². The van der Waals surface area contributed by atoms with E-state index in [1.807, 2.05) is 0 Å². The molecule has 2 rings (SSSR count). The highest BCUT2D eigenvalue weighted by atomic mass is 16.6. The molecule has 0 aliphatic rings. The van der Waals surface area contributed by atoms with Gasteiger partial charge in [0.1, 0.15) is 0 Å². The summed E-state index contributed by atoms with van der Waals surface area (Å²) in [5.41, 5.74) is 4.21. The lowest BCUT2D eigenvalue weighted by molar-refractivity contribution is -0.385. The van der Waals surface area contributed by atoms with E-state index in [-0.39, 0.29) is 11.3 Å². The van der Waals surface area contributed by atoms with Gasteiger partial charge in [-0.1, -0.05) is 6.07 Å². The third-order valence-electron chi connectivity index (χ3n) is 3.79. The summed E-state index contributed by atoms with van der Waals surface area (Å²) in [4.78, 5) is 22.7. The molecule has 2 aromatic rings. The predicted molar refractivity (Wildman–Crippen MR) is 97.1 cm³/mol. The minimum Gasteiger partial charge on any atom is -0.493 e. The summed E-state index contributed by atoms with van der Waals surface area (Å²) in [6.07, 6.45) is 0. The number of rotatable bonds is 6. The van der Waals surface area contributed by atoms with Crippen molar-refractivity contribution in [2.45, 2.75) is 13.8 Å². The van der Waals surface area contributed by atoms with Crippen LogP contribution in [0.15, 0.2) is 41.5 Å². The molecule has 2 aromatic carbocycles. The quantitative estimate of drug-likeness (QED) is 0.486. The van der Waals surface area contributed by atoms with Crippen molar-refractivity contribution in [3.63, 3.8) is 0 Å². The van der Waals surface area contributed by atoms with Crippen molar-refractivity contribution in [3.8, 4) is 11.5 Å². The second-order valence-corrected chi connectivity index (χ2v) is 5.47. The number of carbonyl (C=O) groups excluding carboxylic acids is 1. The van der Waals surface area contributed by atoms with Crippen LogP contribution in [0.2, 0.25) is 0 Å². The van der Waals surface area contributed by atoms with Crippen LogP contribution in [-0.4, -0.2) is 30.8 Å². The number of nitro groups is 1. The van der Waals surface area contributed by atoms with Gasteiger partial charge in [0.15, 0.2) is 11.5 Å². The molecule has 0 saturated carbocycles. The Labute approximate surface area is 150 Å². The Balaban J connectivity index is 2.20. The van der Waals surface area contributed by atoms with Crippen LogP contribution in [0.3, 0.4) is 0 Å². The van der Waals surface area contributed by atoms with Crippen LogP contribution in [-0.2, 0) is 0 Å². The van der Waals surface area contributed by atoms with Crippen molar-refractivity contribution in [1.29, 1.82) is 0 Å². The maximum atomic E-state index is 12.2. The van der Waals surface area contributed by atoms with Gasteiger partial charge in [-0.05, 0) is 38.1 Å². The van der Waals surface area contributed by atoms with E-state index in [4.69, 9.17) is 9.47 Å². The maximum absolute atomic E-state index is 12.2. The number of aryl methyl sites for hydroxylation is 1. The average molecular weight is 357 g/mol. The van der Waals surface area contributed by atoms with E-state index in [0.29, 0.717) is 22.8 Å². The summed E-state index contributed by atoms with van der Waals surface area (Å²) in [7, 11) is 3.07. The summed E-state index contributed by atoms with van der Waals surface area (Å²) in [6.45, 7) is 3.33. The van der Waals surface area contributed by atoms with Gasteiger partial charge in [0.05, 0.1) is 24.9 Å². The highest BCUT2D eigenvalue weighted by Crippen LogP contribution is 2.27. The topological polar surface area (TPSA) is 103 Å². The van der Waals surface area contributed by atoms with E-state index < -0.39 is 10.8 Å². The second-order valence-electron chi connectivity index (χ2n) is 5.47. The van der Waals surface area contributed by atoms with E-state index in [1.54, 1.807) is 39.2 Å². The molecule has 0 fully saturated rings. The number of nitrogens with zero attached hydrogens (tertiary/aromatic N) is 2. The predicted octanol–water partition coefficient (Wildman–Crippen LogP) is 3.07. The number of carbonyl (C=O) groups is 1. The molecule has 0 spiro atoms. The number of nitrogens with one attached hydrogen (secondary N) is 1. The van der Waals surface area contributed by atoms with Gasteiger partial charge < -0.3 is 9.47 Å². The zero-order valence-corrected chi connectivity index (χ0v) is 14.9. The Kier molecular flexibility index (Phi) is 5.90. The minimum absolute atomic E-state index is 0.113. The van der Waals surface area contributed by atoms with Gasteiger partial charge in [0, 0.05) is 22.8 Å². The van der Waals surface area contributed by atoms with Crippen LogP contribution < -0.4 is 14.9 Å². The van der Waals surface area contributed by atoms with Gasteiger partial charge in [-0.3, -0.25) is 14.9 Å². The summed E-state index contributed by atoms with van der Waals surface area (Å²) >= 11 is 0. The maximum Gasteiger partial charge on any atom is 0.273 e. The normalized spacial score (nSPS) is 11.0. The highest BCUT2D eigenvalue weighted by Gasteiger charge is 2.15. The van der Waals surface area contributed by atoms with Crippen molar-refractivity contribution >= 4 is 17.3 Å². The van der Waals surface area contributed by atoms with E-state index in [9.17, 15) is 14.9 Å². The number of hydrogen-bond acceptors (Lipinski definition) is 6. The average Bonchev–Trinajstić information content (AvgIpc) is 2.65. The number of hydrazone groups is 1. The molecule has 8 nitrogen and oxygen atoms in total. The summed E-state index contributed by atoms with van der Waals surface area (Å²) in [5.74, 6) is 0.591. The molecule has 0 radical (unpaired) electrons. The lowest BCUT2D eigenvalue weighted by Crippen LogP contribution is -2.19. The number of ether oxygens (including phenoxy) is 2. The first-order chi connectivity index (χ1) is 12.4. The monoisotopic (exact) mass is 357 g/mol. The molecule has 0 unspecified atom stereocenters. The Bertz CT molecular complexity index is 877. The van der Waals surface area contributed by atoms with Crippen LogP contribution >= 0.6 is 0 Å². The molecule has 0 heterocycles. The lowest BCUT2D eigenvalue weighted by atomic mass is 10.1. The van der Waals surface area contributed by atoms with Crippen LogP contribution in [0.4, 0.5) is 5.69 Å². The van der Waals surface area contributed by atoms with E-state index >= 15 is 0 Å². The fraction of sp³-hybridized carbons (Fsp3) is 0.222. The molecule has 0 aromatic heterocycles. The summed E-state index contributed by atoms with van der Waals surface area (Å²) in [6, 6.07) is 9.52. The Morgan fingerprint density at radius 1 is 1.08 bits per heavy atom. The number of amides is 1. The molecule has 1 amide bonds. The molecule has 0 atom stereocenters. The van der Waals surface area contributed by atoms with Gasteiger partial charge in [-0.15, -0.1) is 0 Å². The van der Waals surface area contributed by atoms with Crippen molar-refractivity contribution in [2.75, 3.05) is 14.2 Å². The van der Waals surface area contributed by atoms with Crippen LogP contribution in [0, 0.1) is 17.0 Å². The lowest BCUT2D eigenvalue weighted by Gasteiger charge is -2.09. The van der Waals surface area contributed by atoms with Gasteiger partial charge in [-0.2, -0.15) is 5.10 Å². The molecular formula is C18H19N3O5. The van der Waals surface area contributed by atoms with E-state index in [1.165, 1.54) is 25.3 Å². The van der Waals surface area contributed by atoms with Gasteiger partial charge in [0.2, 0.25) is 0 Å². The largest absolute Gasteiger partial charge is 0.493 e. The third kappa shape index (κ3) is 4.15. The molecule has 0 aliphatic carbocycles. The molecule has 0 saturated heterocycles. The van der Waals surface area contributed by atoms with Crippen molar-refractivity contribution in [3.05, 3.63) is 63.2 Å². The van der Waals surface area contributed by atoms with Crippen LogP contribution in [0.5, 0.6) is 11.5 Å². The van der Waals surface area contributed by atoms with E-state index in [0.717, 1.165) is 5.56 Å². The minimum atomic E-state index is -0.534. The van der Waals surface area contributed by atoms with Crippen molar-refractivity contribution in [2.24, 2.45) is 5.10 Å². The summed E-state index contributed by atoms with van der Waals surface area (Å²) in [5, 5.41) is 15.0. The van der Waals surface area contributed by atoms with Crippen molar-refractivity contribution in [1.82, 2.24) is 5.43 Å². The zero-order valence-electron chi connectivity index (χ0n) is 14.9. The number of methoxy groups -OCH3 is 2. The highest BCUT2D eigenvalue weighted by molar-refractivity contribution is 6.01. The smallest absolute Gasteiger partial charge is 0.273 e. The second kappa shape index (κ2) is 8.11. The van der Waals surface area contributed by atoms with Gasteiger partial charge in [-0.25, -0.2) is 5.43 Å². The van der Waals surface area contributed by atoms with Crippen LogP contribution in [0.25, 0.3) is 0 Å². The number of hydrogen-bond donors (Lipinski definition) is 1. The third-order valence-corrected chi connectivity index (χ3v) is 3.79. The Morgan fingerprint density at radius 3 is 2.35 bits per heavy atom. The fourth-order valence-electron chi connectivity index (χ4n) is 2.27. The molecule has 0 aliphatic heterocycles. The Morgan fingerprint density at radius 2 is 1.73 bits per heavy atom. The number of nitro benzene ring substituents is 1. The molecule has 8 heteroatoms.